The molecule has 0 saturated carbocycles. The van der Waals surface area contributed by atoms with E-state index in [9.17, 15) is 13.2 Å². The fraction of sp³-hybridized carbons (Fsp3) is 0.375. The maximum absolute atomic E-state index is 13.2. The van der Waals surface area contributed by atoms with E-state index in [4.69, 9.17) is 13.9 Å². The summed E-state index contributed by atoms with van der Waals surface area (Å²) in [7, 11) is -3.70. The molecule has 2 heterocycles. The number of fused-ring (bicyclic) bond motifs is 1. The minimum absolute atomic E-state index is 0.0142. The van der Waals surface area contributed by atoms with Gasteiger partial charge in [0, 0.05) is 29.7 Å². The molecule has 1 N–H and O–H groups in total. The van der Waals surface area contributed by atoms with Gasteiger partial charge in [0.25, 0.3) is 5.91 Å². The highest BCUT2D eigenvalue weighted by molar-refractivity contribution is 7.89. The summed E-state index contributed by atoms with van der Waals surface area (Å²) in [6, 6.07) is 12.2. The number of carbonyl (C=O) groups excluding carboxylic acids is 1. The molecule has 8 nitrogen and oxygen atoms in total. The molecule has 33 heavy (non-hydrogen) atoms. The van der Waals surface area contributed by atoms with Crippen molar-refractivity contribution in [3.05, 3.63) is 59.4 Å². The second kappa shape index (κ2) is 9.64. The Kier molecular flexibility index (Phi) is 6.85. The number of amides is 1. The average molecular weight is 473 g/mol. The molecule has 0 aliphatic carbocycles. The van der Waals surface area contributed by atoms with Crippen molar-refractivity contribution in [3.8, 4) is 0 Å². The van der Waals surface area contributed by atoms with Gasteiger partial charge in [-0.15, -0.1) is 0 Å². The number of furan rings is 1. The zero-order valence-corrected chi connectivity index (χ0v) is 19.8. The zero-order valence-electron chi connectivity index (χ0n) is 19.0. The fourth-order valence-electron chi connectivity index (χ4n) is 3.75. The smallest absolute Gasteiger partial charge is 0.291 e. The Morgan fingerprint density at radius 1 is 1.15 bits per heavy atom. The van der Waals surface area contributed by atoms with Crippen molar-refractivity contribution in [1.29, 1.82) is 0 Å². The van der Waals surface area contributed by atoms with Crippen LogP contribution in [0.3, 0.4) is 0 Å². The number of morpholine rings is 1. The zero-order chi connectivity index (χ0) is 23.6. The molecule has 1 aliphatic rings. The number of carbonyl (C=O) groups is 1. The number of hydrogen-bond acceptors (Lipinski definition) is 6. The van der Waals surface area contributed by atoms with Crippen LogP contribution in [-0.2, 0) is 26.1 Å². The predicted molar refractivity (Wildman–Crippen MR) is 125 cm³/mol. The minimum Gasteiger partial charge on any atom is -0.451 e. The fourth-order valence-corrected chi connectivity index (χ4v) is 5.40. The van der Waals surface area contributed by atoms with Crippen molar-refractivity contribution in [2.24, 2.45) is 0 Å². The summed E-state index contributed by atoms with van der Waals surface area (Å²) in [5, 5.41) is 3.60. The number of sulfonamides is 1. The highest BCUT2D eigenvalue weighted by Gasteiger charge is 2.28. The first-order chi connectivity index (χ1) is 15.8. The first-order valence-corrected chi connectivity index (χ1v) is 12.3. The standard InChI is InChI=1S/C24H28N2O6S/c1-16(2)31-15-20-19-6-4-5-7-21(19)32-23(20)24(27)25-18-9-8-17(3)22(14-18)33(28,29)26-10-12-30-13-11-26/h4-9,14,16H,10-13,15H2,1-3H3,(H,25,27). The quantitative estimate of drug-likeness (QED) is 0.559. The van der Waals surface area contributed by atoms with Crippen molar-refractivity contribution >= 4 is 32.6 Å². The van der Waals surface area contributed by atoms with E-state index in [0.717, 1.165) is 5.39 Å². The summed E-state index contributed by atoms with van der Waals surface area (Å²) in [5.74, 6) is -0.317. The number of nitrogens with zero attached hydrogens (tertiary/aromatic N) is 1. The van der Waals surface area contributed by atoms with E-state index >= 15 is 0 Å². The van der Waals surface area contributed by atoms with Gasteiger partial charge in [-0.2, -0.15) is 4.31 Å². The van der Waals surface area contributed by atoms with Gasteiger partial charge in [0.1, 0.15) is 5.58 Å². The number of benzene rings is 2. The summed E-state index contributed by atoms with van der Waals surface area (Å²) in [5.41, 5.74) is 2.22. The molecule has 3 aromatic rings. The van der Waals surface area contributed by atoms with E-state index in [-0.39, 0.29) is 23.4 Å². The molecule has 0 unspecified atom stereocenters. The highest BCUT2D eigenvalue weighted by atomic mass is 32.2. The van der Waals surface area contributed by atoms with E-state index in [1.54, 1.807) is 25.1 Å². The summed E-state index contributed by atoms with van der Waals surface area (Å²) in [4.78, 5) is 13.3. The van der Waals surface area contributed by atoms with Crippen LogP contribution in [-0.4, -0.2) is 51.0 Å². The van der Waals surface area contributed by atoms with Crippen LogP contribution in [0.4, 0.5) is 5.69 Å². The van der Waals surface area contributed by atoms with Crippen LogP contribution >= 0.6 is 0 Å². The third-order valence-corrected chi connectivity index (χ3v) is 7.54. The van der Waals surface area contributed by atoms with Crippen molar-refractivity contribution in [2.45, 2.75) is 38.4 Å². The van der Waals surface area contributed by atoms with Gasteiger partial charge in [-0.1, -0.05) is 24.3 Å². The Morgan fingerprint density at radius 2 is 1.88 bits per heavy atom. The monoisotopic (exact) mass is 472 g/mol. The molecule has 4 rings (SSSR count). The Hall–Kier alpha value is -2.72. The normalized spacial score (nSPS) is 15.3. The average Bonchev–Trinajstić information content (AvgIpc) is 3.18. The van der Waals surface area contributed by atoms with Gasteiger partial charge in [0.15, 0.2) is 5.76 Å². The van der Waals surface area contributed by atoms with Crippen LogP contribution in [0, 0.1) is 6.92 Å². The predicted octanol–water partition coefficient (Wildman–Crippen LogP) is 3.94. The number of anilines is 1. The molecule has 176 valence electrons. The molecule has 1 aliphatic heterocycles. The topological polar surface area (TPSA) is 98.1 Å². The first-order valence-electron chi connectivity index (χ1n) is 10.9. The lowest BCUT2D eigenvalue weighted by Crippen LogP contribution is -2.40. The van der Waals surface area contributed by atoms with Crippen LogP contribution in [0.1, 0.15) is 35.5 Å². The number of ether oxygens (including phenoxy) is 2. The Balaban J connectivity index is 1.64. The second-order valence-corrected chi connectivity index (χ2v) is 10.1. The van der Waals surface area contributed by atoms with Crippen molar-refractivity contribution in [2.75, 3.05) is 31.6 Å². The Morgan fingerprint density at radius 3 is 2.61 bits per heavy atom. The third kappa shape index (κ3) is 4.96. The number of hydrogen-bond donors (Lipinski definition) is 1. The SMILES string of the molecule is Cc1ccc(NC(=O)c2oc3ccccc3c2COC(C)C)cc1S(=O)(=O)N1CCOCC1. The van der Waals surface area contributed by atoms with Gasteiger partial charge < -0.3 is 19.2 Å². The number of rotatable bonds is 7. The largest absolute Gasteiger partial charge is 0.451 e. The van der Waals surface area contributed by atoms with Gasteiger partial charge >= 0.3 is 0 Å². The molecule has 1 amide bonds. The van der Waals surface area contributed by atoms with Gasteiger partial charge in [0.2, 0.25) is 10.0 Å². The number of para-hydroxylation sites is 1. The van der Waals surface area contributed by atoms with Crippen molar-refractivity contribution < 1.29 is 27.1 Å². The Bertz CT molecular complexity index is 1260. The summed E-state index contributed by atoms with van der Waals surface area (Å²) in [6.07, 6.45) is -0.0142. The van der Waals surface area contributed by atoms with Gasteiger partial charge in [-0.05, 0) is 44.5 Å². The van der Waals surface area contributed by atoms with Gasteiger partial charge in [0.05, 0.1) is 30.8 Å². The molecular weight excluding hydrogens is 444 g/mol. The highest BCUT2D eigenvalue weighted by Crippen LogP contribution is 2.29. The van der Waals surface area contributed by atoms with Gasteiger partial charge in [-0.3, -0.25) is 4.79 Å². The molecule has 0 spiro atoms. The third-order valence-electron chi connectivity index (χ3n) is 5.50. The minimum atomic E-state index is -3.70. The van der Waals surface area contributed by atoms with Crippen LogP contribution in [0.5, 0.6) is 0 Å². The van der Waals surface area contributed by atoms with E-state index in [2.05, 4.69) is 5.32 Å². The van der Waals surface area contributed by atoms with Crippen molar-refractivity contribution in [1.82, 2.24) is 4.31 Å². The van der Waals surface area contributed by atoms with Crippen molar-refractivity contribution in [3.63, 3.8) is 0 Å². The van der Waals surface area contributed by atoms with Crippen LogP contribution in [0.25, 0.3) is 11.0 Å². The molecule has 1 aromatic heterocycles. The summed E-state index contributed by atoms with van der Waals surface area (Å²) >= 11 is 0. The number of nitrogens with one attached hydrogen (secondary N) is 1. The van der Waals surface area contributed by atoms with Crippen LogP contribution in [0.15, 0.2) is 51.8 Å². The first kappa shape index (κ1) is 23.4. The molecule has 1 fully saturated rings. The molecule has 1 saturated heterocycles. The lowest BCUT2D eigenvalue weighted by molar-refractivity contribution is 0.0648. The van der Waals surface area contributed by atoms with E-state index in [1.165, 1.54) is 10.4 Å². The summed E-state index contributed by atoms with van der Waals surface area (Å²) < 4.78 is 44.6. The maximum Gasteiger partial charge on any atom is 0.291 e. The lowest BCUT2D eigenvalue weighted by Gasteiger charge is -2.26. The van der Waals surface area contributed by atoms with Crippen LogP contribution < -0.4 is 5.32 Å². The number of aryl methyl sites for hydroxylation is 1. The van der Waals surface area contributed by atoms with Gasteiger partial charge in [-0.25, -0.2) is 8.42 Å². The molecule has 2 aromatic carbocycles. The molecule has 9 heteroatoms. The molecule has 0 radical (unpaired) electrons. The summed E-state index contributed by atoms with van der Waals surface area (Å²) in [6.45, 7) is 7.13. The lowest BCUT2D eigenvalue weighted by atomic mass is 10.1. The molecular formula is C24H28N2O6S. The Labute approximate surface area is 193 Å². The maximum atomic E-state index is 13.2. The molecule has 0 atom stereocenters. The second-order valence-electron chi connectivity index (χ2n) is 8.22. The van der Waals surface area contributed by atoms with E-state index < -0.39 is 15.9 Å². The van der Waals surface area contributed by atoms with E-state index in [1.807, 2.05) is 32.0 Å². The van der Waals surface area contributed by atoms with Crippen LogP contribution in [0.2, 0.25) is 0 Å². The van der Waals surface area contributed by atoms with E-state index in [0.29, 0.717) is 48.7 Å². The molecule has 0 bridgehead atoms.